The van der Waals surface area contributed by atoms with E-state index in [4.69, 9.17) is 4.74 Å². The maximum atomic E-state index is 11.4. The fourth-order valence-corrected chi connectivity index (χ4v) is 1.29. The van der Waals surface area contributed by atoms with Crippen LogP contribution in [0.3, 0.4) is 0 Å². The van der Waals surface area contributed by atoms with E-state index in [9.17, 15) is 4.79 Å². The molecule has 0 bridgehead atoms. The molecule has 0 aliphatic rings. The predicted octanol–water partition coefficient (Wildman–Crippen LogP) is 1.42. The largest absolute Gasteiger partial charge is 0.490 e. The van der Waals surface area contributed by atoms with Gasteiger partial charge in [-0.2, -0.15) is 0 Å². The minimum absolute atomic E-state index is 0.0417. The van der Waals surface area contributed by atoms with Crippen LogP contribution in [-0.4, -0.2) is 30.6 Å². The Kier molecular flexibility index (Phi) is 5.85. The molecule has 5 heteroatoms. The standard InChI is InChI=1S/C12H19N3O2/c1-3-7-13-11(16)9-15-12-10(17-4-2)6-5-8-14-12/h5-6,8H,3-4,7,9H2,1-2H3,(H,13,16)(H,14,15). The van der Waals surface area contributed by atoms with Crippen LogP contribution in [0.1, 0.15) is 20.3 Å². The summed E-state index contributed by atoms with van der Waals surface area (Å²) in [5, 5.41) is 5.74. The second kappa shape index (κ2) is 7.49. The summed E-state index contributed by atoms with van der Waals surface area (Å²) in [6, 6.07) is 3.62. The van der Waals surface area contributed by atoms with Gasteiger partial charge in [0, 0.05) is 12.7 Å². The molecule has 1 rings (SSSR count). The summed E-state index contributed by atoms with van der Waals surface area (Å²) in [5.74, 6) is 1.22. The van der Waals surface area contributed by atoms with Crippen LogP contribution in [0.5, 0.6) is 5.75 Å². The van der Waals surface area contributed by atoms with Gasteiger partial charge in [-0.25, -0.2) is 4.98 Å². The molecule has 0 aliphatic heterocycles. The van der Waals surface area contributed by atoms with Crippen molar-refractivity contribution in [2.75, 3.05) is 25.0 Å². The van der Waals surface area contributed by atoms with E-state index in [1.807, 2.05) is 19.9 Å². The first-order valence-electron chi connectivity index (χ1n) is 5.86. The van der Waals surface area contributed by atoms with Crippen LogP contribution in [0.4, 0.5) is 5.82 Å². The highest BCUT2D eigenvalue weighted by molar-refractivity contribution is 5.80. The molecule has 0 atom stereocenters. The van der Waals surface area contributed by atoms with Crippen LogP contribution < -0.4 is 15.4 Å². The highest BCUT2D eigenvalue weighted by Gasteiger charge is 2.05. The highest BCUT2D eigenvalue weighted by atomic mass is 16.5. The monoisotopic (exact) mass is 237 g/mol. The molecule has 0 saturated carbocycles. The van der Waals surface area contributed by atoms with Gasteiger partial charge in [-0.05, 0) is 25.5 Å². The zero-order valence-corrected chi connectivity index (χ0v) is 10.3. The Morgan fingerprint density at radius 1 is 1.47 bits per heavy atom. The molecule has 1 amide bonds. The van der Waals surface area contributed by atoms with Gasteiger partial charge in [0.05, 0.1) is 13.2 Å². The average molecular weight is 237 g/mol. The van der Waals surface area contributed by atoms with Crippen molar-refractivity contribution in [1.29, 1.82) is 0 Å². The molecule has 0 fully saturated rings. The van der Waals surface area contributed by atoms with Crippen molar-refractivity contribution < 1.29 is 9.53 Å². The van der Waals surface area contributed by atoms with Crippen molar-refractivity contribution in [1.82, 2.24) is 10.3 Å². The smallest absolute Gasteiger partial charge is 0.239 e. The van der Waals surface area contributed by atoms with Crippen LogP contribution >= 0.6 is 0 Å². The Hall–Kier alpha value is -1.78. The number of pyridine rings is 1. The number of carbonyl (C=O) groups excluding carboxylic acids is 1. The summed E-state index contributed by atoms with van der Waals surface area (Å²) in [7, 11) is 0. The number of amides is 1. The van der Waals surface area contributed by atoms with Crippen molar-refractivity contribution in [3.63, 3.8) is 0 Å². The Balaban J connectivity index is 2.47. The molecule has 0 spiro atoms. The van der Waals surface area contributed by atoms with Crippen molar-refractivity contribution in [3.8, 4) is 5.75 Å². The summed E-state index contributed by atoms with van der Waals surface area (Å²) in [4.78, 5) is 15.5. The van der Waals surface area contributed by atoms with Crippen LogP contribution in [-0.2, 0) is 4.79 Å². The lowest BCUT2D eigenvalue weighted by atomic mass is 10.4. The number of hydrogen-bond acceptors (Lipinski definition) is 4. The van der Waals surface area contributed by atoms with Crippen LogP contribution in [0.15, 0.2) is 18.3 Å². The molecule has 1 aromatic rings. The topological polar surface area (TPSA) is 63.2 Å². The maximum Gasteiger partial charge on any atom is 0.239 e. The van der Waals surface area contributed by atoms with Crippen molar-refractivity contribution in [3.05, 3.63) is 18.3 Å². The molecule has 94 valence electrons. The van der Waals surface area contributed by atoms with Gasteiger partial charge in [-0.3, -0.25) is 4.79 Å². The summed E-state index contributed by atoms with van der Waals surface area (Å²) in [6.45, 7) is 5.39. The van der Waals surface area contributed by atoms with Gasteiger partial charge in [-0.1, -0.05) is 6.92 Å². The second-order valence-corrected chi connectivity index (χ2v) is 3.49. The van der Waals surface area contributed by atoms with E-state index in [2.05, 4.69) is 15.6 Å². The Bertz CT molecular complexity index is 355. The summed E-state index contributed by atoms with van der Waals surface area (Å²) < 4.78 is 5.39. The molecule has 1 aromatic heterocycles. The first-order chi connectivity index (χ1) is 8.27. The molecule has 0 unspecified atom stereocenters. The molecular weight excluding hydrogens is 218 g/mol. The number of aromatic nitrogens is 1. The van der Waals surface area contributed by atoms with Gasteiger partial charge in [0.25, 0.3) is 0 Å². The summed E-state index contributed by atoms with van der Waals surface area (Å²) in [6.07, 6.45) is 2.59. The molecule has 17 heavy (non-hydrogen) atoms. The zero-order chi connectivity index (χ0) is 12.5. The van der Waals surface area contributed by atoms with E-state index in [-0.39, 0.29) is 12.5 Å². The van der Waals surface area contributed by atoms with Gasteiger partial charge >= 0.3 is 0 Å². The molecule has 0 aromatic carbocycles. The van der Waals surface area contributed by atoms with E-state index in [1.54, 1.807) is 12.3 Å². The molecule has 5 nitrogen and oxygen atoms in total. The van der Waals surface area contributed by atoms with Crippen molar-refractivity contribution in [2.45, 2.75) is 20.3 Å². The number of nitrogens with zero attached hydrogens (tertiary/aromatic N) is 1. The van der Waals surface area contributed by atoms with Crippen LogP contribution in [0.25, 0.3) is 0 Å². The lowest BCUT2D eigenvalue weighted by Crippen LogP contribution is -2.30. The fraction of sp³-hybridized carbons (Fsp3) is 0.500. The third kappa shape index (κ3) is 4.72. The summed E-state index contributed by atoms with van der Waals surface area (Å²) in [5.41, 5.74) is 0. The second-order valence-electron chi connectivity index (χ2n) is 3.49. The molecule has 0 radical (unpaired) electrons. The fourth-order valence-electron chi connectivity index (χ4n) is 1.29. The quantitative estimate of drug-likeness (QED) is 0.752. The number of carbonyl (C=O) groups is 1. The van der Waals surface area contributed by atoms with Crippen LogP contribution in [0.2, 0.25) is 0 Å². The minimum atomic E-state index is -0.0417. The van der Waals surface area contributed by atoms with Gasteiger partial charge in [0.15, 0.2) is 11.6 Å². The minimum Gasteiger partial charge on any atom is -0.490 e. The average Bonchev–Trinajstić information content (AvgIpc) is 2.35. The molecule has 0 aliphatic carbocycles. The first kappa shape index (κ1) is 13.3. The first-order valence-corrected chi connectivity index (χ1v) is 5.86. The third-order valence-corrected chi connectivity index (χ3v) is 2.06. The molecule has 0 saturated heterocycles. The van der Waals surface area contributed by atoms with Crippen molar-refractivity contribution >= 4 is 11.7 Å². The Morgan fingerprint density at radius 3 is 3.00 bits per heavy atom. The van der Waals surface area contributed by atoms with Gasteiger partial charge in [-0.15, -0.1) is 0 Å². The number of hydrogen-bond donors (Lipinski definition) is 2. The van der Waals surface area contributed by atoms with Crippen molar-refractivity contribution in [2.24, 2.45) is 0 Å². The third-order valence-electron chi connectivity index (χ3n) is 2.06. The number of anilines is 1. The van der Waals surface area contributed by atoms with E-state index < -0.39 is 0 Å². The molecule has 1 heterocycles. The number of nitrogens with one attached hydrogen (secondary N) is 2. The SMILES string of the molecule is CCCNC(=O)CNc1ncccc1OCC. The highest BCUT2D eigenvalue weighted by Crippen LogP contribution is 2.20. The molecular formula is C12H19N3O2. The number of ether oxygens (including phenoxy) is 1. The molecule has 2 N–H and O–H groups in total. The van der Waals surface area contributed by atoms with Gasteiger partial charge in [0.2, 0.25) is 5.91 Å². The number of rotatable bonds is 7. The Labute approximate surface area is 102 Å². The van der Waals surface area contributed by atoms with Gasteiger partial charge < -0.3 is 15.4 Å². The zero-order valence-electron chi connectivity index (χ0n) is 10.3. The lowest BCUT2D eigenvalue weighted by Gasteiger charge is -2.10. The van der Waals surface area contributed by atoms with E-state index in [0.29, 0.717) is 24.7 Å². The summed E-state index contributed by atoms with van der Waals surface area (Å²) >= 11 is 0. The normalized spacial score (nSPS) is 9.76. The predicted molar refractivity (Wildman–Crippen MR) is 67.2 cm³/mol. The lowest BCUT2D eigenvalue weighted by molar-refractivity contribution is -0.119. The maximum absolute atomic E-state index is 11.4. The van der Waals surface area contributed by atoms with Crippen LogP contribution in [0, 0.1) is 0 Å². The van der Waals surface area contributed by atoms with E-state index in [0.717, 1.165) is 6.42 Å². The van der Waals surface area contributed by atoms with E-state index in [1.165, 1.54) is 0 Å². The van der Waals surface area contributed by atoms with Gasteiger partial charge in [0.1, 0.15) is 0 Å². The Morgan fingerprint density at radius 2 is 2.29 bits per heavy atom. The van der Waals surface area contributed by atoms with E-state index >= 15 is 0 Å².